The smallest absolute Gasteiger partial charge is 0.122 e. The Bertz CT molecular complexity index is 433. The Morgan fingerprint density at radius 3 is 2.85 bits per heavy atom. The summed E-state index contributed by atoms with van der Waals surface area (Å²) in [5.74, 6) is 1.58. The number of ether oxygens (including phenoxy) is 2. The van der Waals surface area contributed by atoms with Gasteiger partial charge < -0.3 is 14.8 Å². The third-order valence-corrected chi connectivity index (χ3v) is 4.14. The van der Waals surface area contributed by atoms with Crippen molar-refractivity contribution in [3.05, 3.63) is 29.3 Å². The zero-order valence-corrected chi connectivity index (χ0v) is 13.1. The van der Waals surface area contributed by atoms with E-state index < -0.39 is 0 Å². The third-order valence-electron chi connectivity index (χ3n) is 4.14. The normalized spacial score (nSPS) is 23.8. The van der Waals surface area contributed by atoms with Crippen LogP contribution in [-0.2, 0) is 11.2 Å². The number of likely N-dealkylation sites (N-methyl/N-ethyl adjacent to an activating group) is 1. The van der Waals surface area contributed by atoms with Crippen LogP contribution >= 0.6 is 0 Å². The zero-order chi connectivity index (χ0) is 14.5. The number of nitrogens with one attached hydrogen (secondary N) is 1. The Balaban J connectivity index is 2.13. The van der Waals surface area contributed by atoms with Crippen molar-refractivity contribution in [1.29, 1.82) is 0 Å². The number of hydrogen-bond donors (Lipinski definition) is 1. The average Bonchev–Trinajstić information content (AvgIpc) is 2.85. The summed E-state index contributed by atoms with van der Waals surface area (Å²) in [4.78, 5) is 0. The van der Waals surface area contributed by atoms with E-state index in [1.807, 2.05) is 0 Å². The lowest BCUT2D eigenvalue weighted by Crippen LogP contribution is -2.38. The number of benzene rings is 1. The Labute approximate surface area is 122 Å². The molecule has 0 bridgehead atoms. The van der Waals surface area contributed by atoms with Crippen LogP contribution in [0.2, 0.25) is 0 Å². The molecule has 0 spiro atoms. The Hall–Kier alpha value is -1.06. The Morgan fingerprint density at radius 1 is 1.45 bits per heavy atom. The highest BCUT2D eigenvalue weighted by Gasteiger charge is 2.29. The lowest BCUT2D eigenvalue weighted by molar-refractivity contribution is 0.117. The monoisotopic (exact) mass is 277 g/mol. The van der Waals surface area contributed by atoms with Crippen molar-refractivity contribution in [1.82, 2.24) is 5.32 Å². The lowest BCUT2D eigenvalue weighted by atomic mass is 9.90. The minimum absolute atomic E-state index is 0.389. The lowest BCUT2D eigenvalue weighted by Gasteiger charge is -2.24. The van der Waals surface area contributed by atoms with Crippen LogP contribution in [0.5, 0.6) is 5.75 Å². The van der Waals surface area contributed by atoms with Crippen molar-refractivity contribution in [2.75, 3.05) is 20.3 Å². The molecule has 1 heterocycles. The summed E-state index contributed by atoms with van der Waals surface area (Å²) in [5, 5.41) is 3.63. The molecule has 3 nitrogen and oxygen atoms in total. The molecule has 1 saturated heterocycles. The van der Waals surface area contributed by atoms with Gasteiger partial charge in [0.25, 0.3) is 0 Å². The predicted octanol–water partition coefficient (Wildman–Crippen LogP) is 2.95. The second-order valence-corrected chi connectivity index (χ2v) is 5.82. The molecule has 0 radical (unpaired) electrons. The highest BCUT2D eigenvalue weighted by molar-refractivity contribution is 5.37. The van der Waals surface area contributed by atoms with Crippen LogP contribution in [0.15, 0.2) is 18.2 Å². The SMILES string of the molecule is CCNC(Cc1cc(C)ccc1OC)C1COC(C)C1. The summed E-state index contributed by atoms with van der Waals surface area (Å²) in [7, 11) is 1.75. The van der Waals surface area contributed by atoms with Crippen molar-refractivity contribution in [3.8, 4) is 5.75 Å². The largest absolute Gasteiger partial charge is 0.496 e. The number of methoxy groups -OCH3 is 1. The molecule has 0 aliphatic carbocycles. The predicted molar refractivity (Wildman–Crippen MR) is 82.4 cm³/mol. The van der Waals surface area contributed by atoms with Gasteiger partial charge in [0.15, 0.2) is 0 Å². The first-order chi connectivity index (χ1) is 9.63. The second-order valence-electron chi connectivity index (χ2n) is 5.82. The van der Waals surface area contributed by atoms with Crippen molar-refractivity contribution < 1.29 is 9.47 Å². The van der Waals surface area contributed by atoms with Crippen LogP contribution in [0.3, 0.4) is 0 Å². The van der Waals surface area contributed by atoms with E-state index in [-0.39, 0.29) is 0 Å². The van der Waals surface area contributed by atoms with E-state index in [1.165, 1.54) is 11.1 Å². The molecule has 0 aromatic heterocycles. The third kappa shape index (κ3) is 3.74. The molecule has 3 heteroatoms. The van der Waals surface area contributed by atoms with Crippen molar-refractivity contribution in [2.24, 2.45) is 5.92 Å². The molecule has 3 atom stereocenters. The van der Waals surface area contributed by atoms with Gasteiger partial charge >= 0.3 is 0 Å². The molecule has 1 N–H and O–H groups in total. The molecule has 0 saturated carbocycles. The Morgan fingerprint density at radius 2 is 2.25 bits per heavy atom. The first kappa shape index (κ1) is 15.3. The van der Waals surface area contributed by atoms with Gasteiger partial charge in [0.05, 0.1) is 19.8 Å². The van der Waals surface area contributed by atoms with Gasteiger partial charge in [-0.15, -0.1) is 0 Å². The van der Waals surface area contributed by atoms with Gasteiger partial charge in [0.1, 0.15) is 5.75 Å². The molecule has 112 valence electrons. The molecule has 1 aliphatic rings. The molecule has 1 aromatic rings. The molecule has 20 heavy (non-hydrogen) atoms. The summed E-state index contributed by atoms with van der Waals surface area (Å²) < 4.78 is 11.2. The van der Waals surface area contributed by atoms with E-state index >= 15 is 0 Å². The van der Waals surface area contributed by atoms with Gasteiger partial charge in [-0.3, -0.25) is 0 Å². The van der Waals surface area contributed by atoms with Crippen LogP contribution in [0.4, 0.5) is 0 Å². The van der Waals surface area contributed by atoms with Crippen LogP contribution < -0.4 is 10.1 Å². The first-order valence-corrected chi connectivity index (χ1v) is 7.62. The maximum Gasteiger partial charge on any atom is 0.122 e. The molecular formula is C17H27NO2. The van der Waals surface area contributed by atoms with E-state index in [0.717, 1.165) is 31.7 Å². The van der Waals surface area contributed by atoms with Crippen LogP contribution in [-0.4, -0.2) is 32.4 Å². The number of hydrogen-bond acceptors (Lipinski definition) is 3. The first-order valence-electron chi connectivity index (χ1n) is 7.62. The van der Waals surface area contributed by atoms with Crippen LogP contribution in [0, 0.1) is 12.8 Å². The van der Waals surface area contributed by atoms with Gasteiger partial charge in [-0.25, -0.2) is 0 Å². The fraction of sp³-hybridized carbons (Fsp3) is 0.647. The maximum atomic E-state index is 5.74. The molecule has 2 rings (SSSR count). The van der Waals surface area contributed by atoms with E-state index in [1.54, 1.807) is 7.11 Å². The minimum Gasteiger partial charge on any atom is -0.496 e. The Kier molecular flexibility index (Phi) is 5.44. The van der Waals surface area contributed by atoms with Crippen LogP contribution in [0.25, 0.3) is 0 Å². The maximum absolute atomic E-state index is 5.74. The van der Waals surface area contributed by atoms with Gasteiger partial charge in [0.2, 0.25) is 0 Å². The fourth-order valence-corrected chi connectivity index (χ4v) is 3.10. The summed E-state index contributed by atoms with van der Waals surface area (Å²) in [5.41, 5.74) is 2.57. The van der Waals surface area contributed by atoms with Gasteiger partial charge in [-0.2, -0.15) is 0 Å². The molecule has 1 aromatic carbocycles. The van der Waals surface area contributed by atoms with E-state index in [0.29, 0.717) is 18.1 Å². The van der Waals surface area contributed by atoms with Gasteiger partial charge in [-0.1, -0.05) is 24.6 Å². The molecule has 3 unspecified atom stereocenters. The number of rotatable bonds is 6. The summed E-state index contributed by atoms with van der Waals surface area (Å²) in [6.07, 6.45) is 2.53. The molecule has 1 aliphatic heterocycles. The van der Waals surface area contributed by atoms with Crippen molar-refractivity contribution in [3.63, 3.8) is 0 Å². The zero-order valence-electron chi connectivity index (χ0n) is 13.1. The second kappa shape index (κ2) is 7.09. The highest BCUT2D eigenvalue weighted by Crippen LogP contribution is 2.27. The van der Waals surface area contributed by atoms with E-state index in [2.05, 4.69) is 44.3 Å². The van der Waals surface area contributed by atoms with Gasteiger partial charge in [0, 0.05) is 12.0 Å². The van der Waals surface area contributed by atoms with Gasteiger partial charge in [-0.05, 0) is 44.9 Å². The molecule has 1 fully saturated rings. The molecular weight excluding hydrogens is 250 g/mol. The van der Waals surface area contributed by atoms with Crippen molar-refractivity contribution >= 4 is 0 Å². The van der Waals surface area contributed by atoms with Crippen molar-refractivity contribution in [2.45, 2.75) is 45.8 Å². The highest BCUT2D eigenvalue weighted by atomic mass is 16.5. The topological polar surface area (TPSA) is 30.5 Å². The standard InChI is InChI=1S/C17H27NO2/c1-5-18-16(15-9-13(3)20-11-15)10-14-8-12(2)6-7-17(14)19-4/h6-8,13,15-16,18H,5,9-11H2,1-4H3. The van der Waals surface area contributed by atoms with E-state index in [4.69, 9.17) is 9.47 Å². The van der Waals surface area contributed by atoms with Crippen LogP contribution in [0.1, 0.15) is 31.4 Å². The summed E-state index contributed by atoms with van der Waals surface area (Å²) in [6.45, 7) is 8.32. The summed E-state index contributed by atoms with van der Waals surface area (Å²) >= 11 is 0. The fourth-order valence-electron chi connectivity index (χ4n) is 3.10. The summed E-state index contributed by atoms with van der Waals surface area (Å²) in [6, 6.07) is 6.87. The van der Waals surface area contributed by atoms with E-state index in [9.17, 15) is 0 Å². The number of aryl methyl sites for hydroxylation is 1. The minimum atomic E-state index is 0.389. The average molecular weight is 277 g/mol. The quantitative estimate of drug-likeness (QED) is 0.867. The molecule has 0 amide bonds.